The van der Waals surface area contributed by atoms with Crippen molar-refractivity contribution in [1.82, 2.24) is 0 Å². The summed E-state index contributed by atoms with van der Waals surface area (Å²) in [6.07, 6.45) is 3.33. The van der Waals surface area contributed by atoms with Gasteiger partial charge in [0.15, 0.2) is 0 Å². The highest BCUT2D eigenvalue weighted by molar-refractivity contribution is 5.86. The number of hydrogen-bond donors (Lipinski definition) is 0. The minimum absolute atomic E-state index is 0.110. The molecule has 0 amide bonds. The number of rotatable bonds is 4. The summed E-state index contributed by atoms with van der Waals surface area (Å²) in [5.41, 5.74) is 0.433. The second-order valence-corrected chi connectivity index (χ2v) is 3.74. The summed E-state index contributed by atoms with van der Waals surface area (Å²) >= 11 is 0. The van der Waals surface area contributed by atoms with Crippen LogP contribution < -0.4 is 0 Å². The molecule has 5 nitrogen and oxygen atoms in total. The Morgan fingerprint density at radius 2 is 2.17 bits per heavy atom. The Morgan fingerprint density at radius 3 is 2.50 bits per heavy atom. The first-order valence-electron chi connectivity index (χ1n) is 5.65. The second kappa shape index (κ2) is 9.41. The van der Waals surface area contributed by atoms with Gasteiger partial charge in [-0.05, 0) is 19.8 Å². The molecule has 5 heteroatoms. The number of carbonyl (C=O) groups is 2. The van der Waals surface area contributed by atoms with Crippen molar-refractivity contribution in [2.45, 2.75) is 25.9 Å². The first-order valence-corrected chi connectivity index (χ1v) is 5.65. The molecule has 0 aliphatic carbocycles. The monoisotopic (exact) mass is 256 g/mol. The van der Waals surface area contributed by atoms with Gasteiger partial charge < -0.3 is 14.2 Å². The van der Waals surface area contributed by atoms with E-state index in [-0.39, 0.29) is 18.0 Å². The molecule has 0 aromatic carbocycles. The van der Waals surface area contributed by atoms with Gasteiger partial charge in [0.05, 0.1) is 13.2 Å². The molecule has 1 aliphatic heterocycles. The van der Waals surface area contributed by atoms with Crippen molar-refractivity contribution in [3.05, 3.63) is 24.8 Å². The highest BCUT2D eigenvalue weighted by Crippen LogP contribution is 2.11. The molecule has 1 rings (SSSR count). The van der Waals surface area contributed by atoms with Crippen LogP contribution in [0.3, 0.4) is 0 Å². The fourth-order valence-corrected chi connectivity index (χ4v) is 1.18. The summed E-state index contributed by atoms with van der Waals surface area (Å²) in [6, 6.07) is 0. The normalized spacial score (nSPS) is 17.1. The predicted molar refractivity (Wildman–Crippen MR) is 67.0 cm³/mol. The smallest absolute Gasteiger partial charge is 0.332 e. The quantitative estimate of drug-likeness (QED) is 0.565. The van der Waals surface area contributed by atoms with E-state index in [0.29, 0.717) is 12.2 Å². The molecule has 0 spiro atoms. The molecule has 0 bridgehead atoms. The van der Waals surface area contributed by atoms with Crippen molar-refractivity contribution in [3.63, 3.8) is 0 Å². The third-order valence-electron chi connectivity index (χ3n) is 2.14. The van der Waals surface area contributed by atoms with E-state index in [0.717, 1.165) is 25.5 Å². The third kappa shape index (κ3) is 7.62. The Labute approximate surface area is 107 Å². The van der Waals surface area contributed by atoms with Gasteiger partial charge in [0.2, 0.25) is 0 Å². The van der Waals surface area contributed by atoms with Crippen molar-refractivity contribution in [2.24, 2.45) is 0 Å². The molecular weight excluding hydrogens is 236 g/mol. The molecule has 1 heterocycles. The Hall–Kier alpha value is -1.62. The molecule has 0 radical (unpaired) electrons. The van der Waals surface area contributed by atoms with Crippen LogP contribution in [0.25, 0.3) is 0 Å². The lowest BCUT2D eigenvalue weighted by Gasteiger charge is -2.07. The van der Waals surface area contributed by atoms with E-state index in [1.807, 2.05) is 0 Å². The maximum absolute atomic E-state index is 10.6. The summed E-state index contributed by atoms with van der Waals surface area (Å²) in [5, 5.41) is 0. The molecule has 1 fully saturated rings. The van der Waals surface area contributed by atoms with Gasteiger partial charge in [0.1, 0.15) is 6.61 Å². The van der Waals surface area contributed by atoms with Gasteiger partial charge >= 0.3 is 11.9 Å². The van der Waals surface area contributed by atoms with Crippen molar-refractivity contribution < 1.29 is 23.8 Å². The maximum atomic E-state index is 10.6. The van der Waals surface area contributed by atoms with E-state index >= 15 is 0 Å². The summed E-state index contributed by atoms with van der Waals surface area (Å²) in [4.78, 5) is 20.8. The Kier molecular flexibility index (Phi) is 8.57. The molecule has 0 N–H and O–H groups in total. The number of ether oxygens (including phenoxy) is 3. The molecule has 18 heavy (non-hydrogen) atoms. The van der Waals surface area contributed by atoms with Crippen LogP contribution in [0, 0.1) is 0 Å². The zero-order valence-electron chi connectivity index (χ0n) is 10.9. The molecule has 1 saturated heterocycles. The highest BCUT2D eigenvalue weighted by Gasteiger charge is 2.16. The van der Waals surface area contributed by atoms with Gasteiger partial charge in [-0.2, -0.15) is 0 Å². The largest absolute Gasteiger partial charge is 0.466 e. The van der Waals surface area contributed by atoms with Gasteiger partial charge in [-0.15, -0.1) is 0 Å². The number of methoxy groups -OCH3 is 1. The standard InChI is InChI=1S/C8H12O3.C5H8O2/c1-2-8(9)11-6-7-4-3-5-10-7;1-4(2)5(6)7-3/h2,7H,1,3-6H2;1H2,2-3H3. The van der Waals surface area contributed by atoms with E-state index < -0.39 is 0 Å². The van der Waals surface area contributed by atoms with Crippen LogP contribution in [0.5, 0.6) is 0 Å². The Balaban J connectivity index is 0.000000360. The summed E-state index contributed by atoms with van der Waals surface area (Å²) in [6.45, 7) is 9.40. The Morgan fingerprint density at radius 1 is 1.50 bits per heavy atom. The lowest BCUT2D eigenvalue weighted by atomic mass is 10.2. The van der Waals surface area contributed by atoms with Gasteiger partial charge in [0, 0.05) is 18.3 Å². The zero-order valence-corrected chi connectivity index (χ0v) is 10.9. The summed E-state index contributed by atoms with van der Waals surface area (Å²) in [7, 11) is 1.33. The fraction of sp³-hybridized carbons (Fsp3) is 0.538. The van der Waals surface area contributed by atoms with Crippen LogP contribution in [0.2, 0.25) is 0 Å². The average molecular weight is 256 g/mol. The van der Waals surface area contributed by atoms with Crippen LogP contribution in [0.15, 0.2) is 24.8 Å². The van der Waals surface area contributed by atoms with E-state index in [1.165, 1.54) is 7.11 Å². The molecule has 0 aromatic rings. The van der Waals surface area contributed by atoms with Crippen molar-refractivity contribution in [2.75, 3.05) is 20.3 Å². The number of esters is 2. The van der Waals surface area contributed by atoms with Crippen molar-refractivity contribution in [1.29, 1.82) is 0 Å². The van der Waals surface area contributed by atoms with Gasteiger partial charge in [-0.25, -0.2) is 9.59 Å². The predicted octanol–water partition coefficient (Wildman–Crippen LogP) is 1.63. The minimum Gasteiger partial charge on any atom is -0.466 e. The molecular formula is C13H20O5. The van der Waals surface area contributed by atoms with Crippen LogP contribution in [-0.2, 0) is 23.8 Å². The van der Waals surface area contributed by atoms with Gasteiger partial charge in [-0.1, -0.05) is 13.2 Å². The molecule has 1 aliphatic rings. The van der Waals surface area contributed by atoms with E-state index in [4.69, 9.17) is 9.47 Å². The minimum atomic E-state index is -0.375. The highest BCUT2D eigenvalue weighted by atomic mass is 16.6. The SMILES string of the molecule is C=C(C)C(=O)OC.C=CC(=O)OCC1CCCO1. The summed E-state index contributed by atoms with van der Waals surface area (Å²) in [5.74, 6) is -0.722. The van der Waals surface area contributed by atoms with Crippen LogP contribution in [0.1, 0.15) is 19.8 Å². The lowest BCUT2D eigenvalue weighted by Crippen LogP contribution is -2.16. The number of carbonyl (C=O) groups excluding carboxylic acids is 2. The fourth-order valence-electron chi connectivity index (χ4n) is 1.18. The first-order chi connectivity index (χ1) is 8.51. The molecule has 102 valence electrons. The van der Waals surface area contributed by atoms with E-state index in [1.54, 1.807) is 6.92 Å². The van der Waals surface area contributed by atoms with Gasteiger partial charge in [0.25, 0.3) is 0 Å². The zero-order chi connectivity index (χ0) is 14.0. The van der Waals surface area contributed by atoms with Crippen LogP contribution in [-0.4, -0.2) is 38.4 Å². The topological polar surface area (TPSA) is 61.8 Å². The van der Waals surface area contributed by atoms with Crippen molar-refractivity contribution in [3.8, 4) is 0 Å². The average Bonchev–Trinajstić information content (AvgIpc) is 2.88. The molecule has 1 unspecified atom stereocenters. The summed E-state index contributed by atoms with van der Waals surface area (Å²) < 4.78 is 14.3. The van der Waals surface area contributed by atoms with Crippen molar-refractivity contribution >= 4 is 11.9 Å². The lowest BCUT2D eigenvalue weighted by molar-refractivity contribution is -0.141. The molecule has 0 aromatic heterocycles. The van der Waals surface area contributed by atoms with Crippen LogP contribution in [0.4, 0.5) is 0 Å². The van der Waals surface area contributed by atoms with E-state index in [2.05, 4.69) is 17.9 Å². The molecule has 1 atom stereocenters. The Bertz CT molecular complexity index is 303. The molecule has 0 saturated carbocycles. The first kappa shape index (κ1) is 16.4. The third-order valence-corrected chi connectivity index (χ3v) is 2.14. The van der Waals surface area contributed by atoms with Crippen LogP contribution >= 0.6 is 0 Å². The van der Waals surface area contributed by atoms with E-state index in [9.17, 15) is 9.59 Å². The van der Waals surface area contributed by atoms with Gasteiger partial charge in [-0.3, -0.25) is 0 Å². The number of hydrogen-bond acceptors (Lipinski definition) is 5. The second-order valence-electron chi connectivity index (χ2n) is 3.74. The maximum Gasteiger partial charge on any atom is 0.332 e.